The van der Waals surface area contributed by atoms with E-state index in [4.69, 9.17) is 10.8 Å². The fraction of sp³-hybridized carbons (Fsp3) is 0.172. The van der Waals surface area contributed by atoms with E-state index in [9.17, 15) is 14.3 Å². The molecule has 0 saturated heterocycles. The minimum Gasteiger partial charge on any atom is -0.508 e. The first-order valence-electron chi connectivity index (χ1n) is 12.7. The summed E-state index contributed by atoms with van der Waals surface area (Å²) >= 11 is 0. The van der Waals surface area contributed by atoms with Crippen molar-refractivity contribution in [3.8, 4) is 28.3 Å². The van der Waals surface area contributed by atoms with Crippen LogP contribution in [0.1, 0.15) is 5.56 Å². The fourth-order valence-corrected chi connectivity index (χ4v) is 4.99. The number of halogens is 1. The SMILES string of the molecule is CN(C)CCn1ccc(-c2c(Cn3nc(-c4cc(O)cc(F)c4)c4c(N)ncnc43)cc3ccccn23)cc1=O. The lowest BCUT2D eigenvalue weighted by molar-refractivity contribution is 0.381. The summed E-state index contributed by atoms with van der Waals surface area (Å²) in [7, 11) is 3.94. The first kappa shape index (κ1) is 25.3. The lowest BCUT2D eigenvalue weighted by Crippen LogP contribution is -2.25. The number of hydrogen-bond donors (Lipinski definition) is 2. The number of hydrogen-bond acceptors (Lipinski definition) is 7. The predicted octanol–water partition coefficient (Wildman–Crippen LogP) is 3.61. The molecule has 0 bridgehead atoms. The van der Waals surface area contributed by atoms with Crippen molar-refractivity contribution < 1.29 is 9.50 Å². The van der Waals surface area contributed by atoms with Crippen LogP contribution in [0.3, 0.4) is 0 Å². The van der Waals surface area contributed by atoms with Crippen LogP contribution in [0.25, 0.3) is 39.1 Å². The molecule has 40 heavy (non-hydrogen) atoms. The molecular weight excluding hydrogens is 511 g/mol. The molecule has 6 aromatic rings. The summed E-state index contributed by atoms with van der Waals surface area (Å²) in [5.74, 6) is -0.637. The zero-order chi connectivity index (χ0) is 28.0. The van der Waals surface area contributed by atoms with Crippen LogP contribution in [0.15, 0.2) is 78.1 Å². The third-order valence-corrected chi connectivity index (χ3v) is 6.85. The van der Waals surface area contributed by atoms with E-state index < -0.39 is 5.82 Å². The number of aromatic hydroxyl groups is 1. The minimum atomic E-state index is -0.602. The lowest BCUT2D eigenvalue weighted by atomic mass is 10.1. The molecule has 0 aliphatic rings. The second kappa shape index (κ2) is 9.93. The molecule has 202 valence electrons. The highest BCUT2D eigenvalue weighted by molar-refractivity contribution is 5.98. The Morgan fingerprint density at radius 3 is 2.65 bits per heavy atom. The molecule has 3 N–H and O–H groups in total. The molecule has 0 spiro atoms. The highest BCUT2D eigenvalue weighted by Crippen LogP contribution is 2.34. The van der Waals surface area contributed by atoms with Crippen LogP contribution in [0.4, 0.5) is 10.2 Å². The molecule has 0 fully saturated rings. The molecule has 0 aliphatic heterocycles. The molecule has 1 aromatic carbocycles. The Morgan fingerprint density at radius 2 is 1.88 bits per heavy atom. The number of likely N-dealkylation sites (N-methyl/N-ethyl adjacent to an activating group) is 1. The third-order valence-electron chi connectivity index (χ3n) is 6.85. The van der Waals surface area contributed by atoms with Crippen molar-refractivity contribution in [2.45, 2.75) is 13.1 Å². The number of nitrogen functional groups attached to an aromatic ring is 1. The number of nitrogens with zero attached hydrogens (tertiary/aromatic N) is 7. The number of phenolic OH excluding ortho intramolecular Hbond substituents is 1. The van der Waals surface area contributed by atoms with Gasteiger partial charge in [-0.2, -0.15) is 5.10 Å². The number of benzene rings is 1. The monoisotopic (exact) mass is 538 g/mol. The molecule has 0 radical (unpaired) electrons. The molecule has 11 heteroatoms. The number of rotatable bonds is 7. The molecule has 6 rings (SSSR count). The quantitative estimate of drug-likeness (QED) is 0.319. The van der Waals surface area contributed by atoms with Gasteiger partial charge in [-0.15, -0.1) is 0 Å². The van der Waals surface area contributed by atoms with Gasteiger partial charge in [0, 0.05) is 59.8 Å². The van der Waals surface area contributed by atoms with Crippen molar-refractivity contribution >= 4 is 22.4 Å². The molecule has 0 saturated carbocycles. The zero-order valence-electron chi connectivity index (χ0n) is 22.0. The Kier molecular flexibility index (Phi) is 6.27. The first-order chi connectivity index (χ1) is 19.3. The molecule has 5 heterocycles. The summed E-state index contributed by atoms with van der Waals surface area (Å²) in [4.78, 5) is 23.6. The largest absolute Gasteiger partial charge is 0.508 e. The Balaban J connectivity index is 1.49. The van der Waals surface area contributed by atoms with Crippen LogP contribution in [-0.2, 0) is 13.1 Å². The highest BCUT2D eigenvalue weighted by atomic mass is 19.1. The van der Waals surface area contributed by atoms with E-state index in [1.165, 1.54) is 18.5 Å². The van der Waals surface area contributed by atoms with Crippen molar-refractivity contribution in [2.24, 2.45) is 0 Å². The standard InChI is InChI=1S/C29H27FN8O2/c1-35(2)9-10-36-8-6-18(14-24(36)40)27-20(12-22-5-3-4-7-37(22)27)16-38-29-25(28(31)32-17-33-29)26(34-38)19-11-21(30)15-23(39)13-19/h3-8,11-15,17,39H,9-10,16H2,1-2H3,(H2,31,32,33). The molecule has 0 aliphatic carbocycles. The first-order valence-corrected chi connectivity index (χ1v) is 12.7. The van der Waals surface area contributed by atoms with E-state index in [2.05, 4.69) is 9.97 Å². The van der Waals surface area contributed by atoms with E-state index in [0.29, 0.717) is 28.8 Å². The van der Waals surface area contributed by atoms with Gasteiger partial charge < -0.3 is 24.7 Å². The average molecular weight is 539 g/mol. The molecule has 0 unspecified atom stereocenters. The van der Waals surface area contributed by atoms with Gasteiger partial charge in [-0.1, -0.05) is 6.07 Å². The maximum Gasteiger partial charge on any atom is 0.251 e. The molecule has 0 amide bonds. The van der Waals surface area contributed by atoms with Crippen molar-refractivity contribution in [3.05, 3.63) is 95.1 Å². The summed E-state index contributed by atoms with van der Waals surface area (Å²) in [6.07, 6.45) is 5.13. The van der Waals surface area contributed by atoms with Crippen molar-refractivity contribution in [3.63, 3.8) is 0 Å². The van der Waals surface area contributed by atoms with Gasteiger partial charge in [0.1, 0.15) is 29.4 Å². The number of phenols is 1. The Labute approximate surface area is 228 Å². The van der Waals surface area contributed by atoms with Crippen LogP contribution in [0, 0.1) is 5.82 Å². The maximum atomic E-state index is 14.2. The minimum absolute atomic E-state index is 0.0885. The Bertz CT molecular complexity index is 1920. The summed E-state index contributed by atoms with van der Waals surface area (Å²) in [6.45, 7) is 1.63. The van der Waals surface area contributed by atoms with Gasteiger partial charge in [0.25, 0.3) is 5.56 Å². The number of nitrogens with two attached hydrogens (primary N) is 1. The van der Waals surface area contributed by atoms with Gasteiger partial charge in [0.2, 0.25) is 0 Å². The van der Waals surface area contributed by atoms with Gasteiger partial charge in [0.15, 0.2) is 5.65 Å². The number of aromatic nitrogens is 6. The van der Waals surface area contributed by atoms with Crippen LogP contribution in [0.5, 0.6) is 5.75 Å². The van der Waals surface area contributed by atoms with Crippen molar-refractivity contribution in [1.82, 2.24) is 33.6 Å². The topological polar surface area (TPSA) is 120 Å². The van der Waals surface area contributed by atoms with Gasteiger partial charge in [-0.25, -0.2) is 19.0 Å². The van der Waals surface area contributed by atoms with E-state index in [1.807, 2.05) is 66.1 Å². The summed E-state index contributed by atoms with van der Waals surface area (Å²) in [5, 5.41) is 15.2. The van der Waals surface area contributed by atoms with Crippen LogP contribution in [0.2, 0.25) is 0 Å². The third kappa shape index (κ3) is 4.56. The van der Waals surface area contributed by atoms with E-state index in [-0.39, 0.29) is 23.7 Å². The Hall–Kier alpha value is -5.03. The van der Waals surface area contributed by atoms with Crippen molar-refractivity contribution in [1.29, 1.82) is 0 Å². The summed E-state index contributed by atoms with van der Waals surface area (Å²) in [6, 6.07) is 15.2. The normalized spacial score (nSPS) is 11.7. The van der Waals surface area contributed by atoms with E-state index >= 15 is 0 Å². The van der Waals surface area contributed by atoms with Gasteiger partial charge >= 0.3 is 0 Å². The molecule has 5 aromatic heterocycles. The summed E-state index contributed by atoms with van der Waals surface area (Å²) < 4.78 is 19.6. The highest BCUT2D eigenvalue weighted by Gasteiger charge is 2.21. The van der Waals surface area contributed by atoms with Crippen LogP contribution in [-0.4, -0.2) is 59.4 Å². The predicted molar refractivity (Wildman–Crippen MR) is 152 cm³/mol. The lowest BCUT2D eigenvalue weighted by Gasteiger charge is -2.12. The van der Waals surface area contributed by atoms with Crippen LogP contribution < -0.4 is 11.3 Å². The number of pyridine rings is 2. The van der Waals surface area contributed by atoms with Gasteiger partial charge in [0.05, 0.1) is 17.6 Å². The second-order valence-electron chi connectivity index (χ2n) is 9.93. The van der Waals surface area contributed by atoms with Gasteiger partial charge in [-0.05, 0) is 50.5 Å². The Morgan fingerprint density at radius 1 is 1.02 bits per heavy atom. The molecular formula is C29H27FN8O2. The molecule has 0 atom stereocenters. The van der Waals surface area contributed by atoms with E-state index in [0.717, 1.165) is 34.9 Å². The smallest absolute Gasteiger partial charge is 0.251 e. The van der Waals surface area contributed by atoms with Gasteiger partial charge in [-0.3, -0.25) is 4.79 Å². The number of anilines is 1. The maximum absolute atomic E-state index is 14.2. The fourth-order valence-electron chi connectivity index (χ4n) is 4.99. The number of fused-ring (bicyclic) bond motifs is 2. The average Bonchev–Trinajstić information content (AvgIpc) is 3.46. The molecule has 10 nitrogen and oxygen atoms in total. The second-order valence-corrected chi connectivity index (χ2v) is 9.93. The summed E-state index contributed by atoms with van der Waals surface area (Å²) in [5.41, 5.74) is 10.8. The van der Waals surface area contributed by atoms with Crippen LogP contribution >= 0.6 is 0 Å². The van der Waals surface area contributed by atoms with E-state index in [1.54, 1.807) is 15.3 Å². The zero-order valence-corrected chi connectivity index (χ0v) is 22.0. The van der Waals surface area contributed by atoms with Crippen molar-refractivity contribution in [2.75, 3.05) is 26.4 Å².